The number of nitrogens with one attached hydrogen (secondary N) is 2. The third kappa shape index (κ3) is 5.23. The van der Waals surface area contributed by atoms with E-state index < -0.39 is 15.9 Å². The highest BCUT2D eigenvalue weighted by Gasteiger charge is 2.18. The molecule has 0 saturated heterocycles. The van der Waals surface area contributed by atoms with Crippen molar-refractivity contribution in [3.05, 3.63) is 66.5 Å². The summed E-state index contributed by atoms with van der Waals surface area (Å²) in [7, 11) is 0.468. The number of sulfonamides is 1. The van der Waals surface area contributed by atoms with Crippen LogP contribution >= 0.6 is 0 Å². The molecule has 3 rings (SSSR count). The highest BCUT2D eigenvalue weighted by atomic mass is 32.2. The first kappa shape index (κ1) is 21.9. The first-order valence-corrected chi connectivity index (χ1v) is 10.5. The van der Waals surface area contributed by atoms with Crippen LogP contribution in [0.3, 0.4) is 0 Å². The first-order chi connectivity index (χ1) is 14.9. The molecule has 0 saturated carbocycles. The zero-order valence-corrected chi connectivity index (χ0v) is 17.9. The average molecular weight is 443 g/mol. The van der Waals surface area contributed by atoms with Crippen LogP contribution in [0.5, 0.6) is 17.2 Å². The van der Waals surface area contributed by atoms with Crippen molar-refractivity contribution in [3.8, 4) is 17.2 Å². The van der Waals surface area contributed by atoms with E-state index in [9.17, 15) is 13.2 Å². The molecule has 0 radical (unpaired) electrons. The van der Waals surface area contributed by atoms with Gasteiger partial charge in [0.1, 0.15) is 5.75 Å². The quantitative estimate of drug-likeness (QED) is 0.549. The van der Waals surface area contributed by atoms with E-state index in [2.05, 4.69) is 15.0 Å². The minimum atomic E-state index is -3.95. The molecule has 1 aromatic heterocycles. The van der Waals surface area contributed by atoms with Crippen LogP contribution in [-0.4, -0.2) is 40.6 Å². The molecule has 0 unspecified atom stereocenters. The summed E-state index contributed by atoms with van der Waals surface area (Å²) in [5.41, 5.74) is 0.877. The molecule has 0 atom stereocenters. The van der Waals surface area contributed by atoms with E-state index in [1.165, 1.54) is 50.9 Å². The molecule has 0 aliphatic rings. The average Bonchev–Trinajstić information content (AvgIpc) is 2.79. The van der Waals surface area contributed by atoms with Crippen LogP contribution in [0.4, 0.5) is 11.4 Å². The number of anilines is 2. The van der Waals surface area contributed by atoms with Gasteiger partial charge in [-0.05, 0) is 42.5 Å². The largest absolute Gasteiger partial charge is 0.497 e. The van der Waals surface area contributed by atoms with Crippen molar-refractivity contribution in [3.63, 3.8) is 0 Å². The van der Waals surface area contributed by atoms with E-state index in [0.717, 1.165) is 0 Å². The van der Waals surface area contributed by atoms with E-state index in [0.29, 0.717) is 17.2 Å². The maximum atomic E-state index is 12.8. The van der Waals surface area contributed by atoms with Crippen molar-refractivity contribution in [2.75, 3.05) is 31.4 Å². The molecule has 2 aromatic carbocycles. The molecule has 0 aliphatic carbocycles. The fourth-order valence-corrected chi connectivity index (χ4v) is 3.74. The van der Waals surface area contributed by atoms with Gasteiger partial charge in [0, 0.05) is 18.0 Å². The Balaban J connectivity index is 1.78. The fraction of sp³-hybridized carbons (Fsp3) is 0.143. The Hall–Kier alpha value is -3.79. The zero-order chi connectivity index (χ0) is 22.4. The second-order valence-electron chi connectivity index (χ2n) is 6.27. The summed E-state index contributed by atoms with van der Waals surface area (Å²) in [6.07, 6.45) is 2.65. The van der Waals surface area contributed by atoms with Crippen LogP contribution < -0.4 is 24.2 Å². The Morgan fingerprint density at radius 2 is 1.55 bits per heavy atom. The minimum Gasteiger partial charge on any atom is -0.497 e. The summed E-state index contributed by atoms with van der Waals surface area (Å²) in [6, 6.07) is 12.4. The minimum absolute atomic E-state index is 0.0294. The lowest BCUT2D eigenvalue weighted by atomic mass is 10.2. The van der Waals surface area contributed by atoms with Gasteiger partial charge in [0.05, 0.1) is 43.7 Å². The standard InChI is InChI=1S/C21H21N3O6S/c1-28-17-6-4-15(5-7-17)23-21(25)14-10-16(13-22-12-14)24-31(26,27)18-8-9-19(29-2)20(11-18)30-3/h4-13,24H,1-3H3,(H,23,25). The zero-order valence-electron chi connectivity index (χ0n) is 17.1. The number of amides is 1. The van der Waals surface area contributed by atoms with E-state index in [4.69, 9.17) is 14.2 Å². The topological polar surface area (TPSA) is 116 Å². The lowest BCUT2D eigenvalue weighted by Gasteiger charge is -2.12. The molecular formula is C21H21N3O6S. The van der Waals surface area contributed by atoms with Crippen LogP contribution in [0.15, 0.2) is 65.8 Å². The summed E-state index contributed by atoms with van der Waals surface area (Å²) >= 11 is 0. The normalized spacial score (nSPS) is 10.8. The van der Waals surface area contributed by atoms with Crippen LogP contribution in [0.1, 0.15) is 10.4 Å². The molecule has 0 spiro atoms. The number of nitrogens with zero attached hydrogens (tertiary/aromatic N) is 1. The molecule has 2 N–H and O–H groups in total. The predicted molar refractivity (Wildman–Crippen MR) is 116 cm³/mol. The highest BCUT2D eigenvalue weighted by Crippen LogP contribution is 2.30. The maximum Gasteiger partial charge on any atom is 0.262 e. The van der Waals surface area contributed by atoms with Gasteiger partial charge < -0.3 is 19.5 Å². The predicted octanol–water partition coefficient (Wildman–Crippen LogP) is 3.16. The summed E-state index contributed by atoms with van der Waals surface area (Å²) in [5.74, 6) is 0.896. The number of hydrogen-bond donors (Lipinski definition) is 2. The van der Waals surface area contributed by atoms with E-state index in [1.54, 1.807) is 31.4 Å². The van der Waals surface area contributed by atoms with Crippen LogP contribution in [0, 0.1) is 0 Å². The fourth-order valence-electron chi connectivity index (χ4n) is 2.70. The number of ether oxygens (including phenoxy) is 3. The van der Waals surface area contributed by atoms with Gasteiger partial charge in [-0.2, -0.15) is 0 Å². The maximum absolute atomic E-state index is 12.8. The second kappa shape index (κ2) is 9.35. The Morgan fingerprint density at radius 3 is 2.19 bits per heavy atom. The first-order valence-electron chi connectivity index (χ1n) is 9.01. The number of hydrogen-bond acceptors (Lipinski definition) is 7. The number of benzene rings is 2. The highest BCUT2D eigenvalue weighted by molar-refractivity contribution is 7.92. The van der Waals surface area contributed by atoms with Gasteiger partial charge in [0.15, 0.2) is 11.5 Å². The molecule has 0 aliphatic heterocycles. The molecule has 1 heterocycles. The van der Waals surface area contributed by atoms with Crippen molar-refractivity contribution < 1.29 is 27.4 Å². The van der Waals surface area contributed by atoms with Gasteiger partial charge in [0.2, 0.25) is 0 Å². The molecule has 10 heteroatoms. The summed E-state index contributed by atoms with van der Waals surface area (Å²) in [6.45, 7) is 0. The summed E-state index contributed by atoms with van der Waals surface area (Å²) < 4.78 is 43.3. The van der Waals surface area contributed by atoms with Crippen molar-refractivity contribution in [1.82, 2.24) is 4.98 Å². The Kier molecular flexibility index (Phi) is 6.61. The number of carbonyl (C=O) groups is 1. The van der Waals surface area contributed by atoms with E-state index >= 15 is 0 Å². The van der Waals surface area contributed by atoms with E-state index in [-0.39, 0.29) is 21.9 Å². The molecule has 0 bridgehead atoms. The monoisotopic (exact) mass is 443 g/mol. The van der Waals surface area contributed by atoms with Gasteiger partial charge in [-0.3, -0.25) is 14.5 Å². The Labute approximate surface area is 180 Å². The molecule has 0 fully saturated rings. The lowest BCUT2D eigenvalue weighted by molar-refractivity contribution is 0.102. The van der Waals surface area contributed by atoms with Crippen molar-refractivity contribution >= 4 is 27.3 Å². The number of pyridine rings is 1. The molecular weight excluding hydrogens is 422 g/mol. The molecule has 31 heavy (non-hydrogen) atoms. The van der Waals surface area contributed by atoms with Crippen LogP contribution in [-0.2, 0) is 10.0 Å². The van der Waals surface area contributed by atoms with Gasteiger partial charge in [-0.25, -0.2) is 8.42 Å². The van der Waals surface area contributed by atoms with Crippen LogP contribution in [0.25, 0.3) is 0 Å². The Morgan fingerprint density at radius 1 is 0.839 bits per heavy atom. The van der Waals surface area contributed by atoms with E-state index in [1.807, 2.05) is 0 Å². The summed E-state index contributed by atoms with van der Waals surface area (Å²) in [5, 5.41) is 2.72. The molecule has 1 amide bonds. The van der Waals surface area contributed by atoms with Crippen molar-refractivity contribution in [2.24, 2.45) is 0 Å². The van der Waals surface area contributed by atoms with Crippen molar-refractivity contribution in [1.29, 1.82) is 0 Å². The van der Waals surface area contributed by atoms with Gasteiger partial charge >= 0.3 is 0 Å². The lowest BCUT2D eigenvalue weighted by Crippen LogP contribution is -2.16. The number of rotatable bonds is 8. The van der Waals surface area contributed by atoms with Crippen molar-refractivity contribution in [2.45, 2.75) is 4.90 Å². The molecule has 3 aromatic rings. The smallest absolute Gasteiger partial charge is 0.262 e. The number of methoxy groups -OCH3 is 3. The summed E-state index contributed by atoms with van der Waals surface area (Å²) in [4.78, 5) is 16.5. The van der Waals surface area contributed by atoms with Gasteiger partial charge in [-0.15, -0.1) is 0 Å². The van der Waals surface area contributed by atoms with Crippen LogP contribution in [0.2, 0.25) is 0 Å². The number of carbonyl (C=O) groups excluding carboxylic acids is 1. The Bertz CT molecular complexity index is 1180. The third-order valence-electron chi connectivity index (χ3n) is 4.27. The SMILES string of the molecule is COc1ccc(NC(=O)c2cncc(NS(=O)(=O)c3ccc(OC)c(OC)c3)c2)cc1. The van der Waals surface area contributed by atoms with Gasteiger partial charge in [0.25, 0.3) is 15.9 Å². The second-order valence-corrected chi connectivity index (χ2v) is 7.95. The molecule has 9 nitrogen and oxygen atoms in total. The number of aromatic nitrogens is 1. The third-order valence-corrected chi connectivity index (χ3v) is 5.64. The van der Waals surface area contributed by atoms with Gasteiger partial charge in [-0.1, -0.05) is 0 Å². The molecule has 162 valence electrons.